The number of benzene rings is 3. The molecule has 0 atom stereocenters. The molecule has 0 spiro atoms. The van der Waals surface area contributed by atoms with E-state index >= 15 is 0 Å². The van der Waals surface area contributed by atoms with Gasteiger partial charge < -0.3 is 0 Å². The Morgan fingerprint density at radius 2 is 1.00 bits per heavy atom. The summed E-state index contributed by atoms with van der Waals surface area (Å²) in [6.45, 7) is 13.8. The summed E-state index contributed by atoms with van der Waals surface area (Å²) >= 11 is 0. The van der Waals surface area contributed by atoms with Crippen LogP contribution in [0, 0.1) is 0 Å². The Morgan fingerprint density at radius 1 is 0.500 bits per heavy atom. The number of hydrogen-bond donors (Lipinski definition) is 0. The van der Waals surface area contributed by atoms with Crippen molar-refractivity contribution in [1.29, 1.82) is 0 Å². The van der Waals surface area contributed by atoms with Crippen LogP contribution in [0.2, 0.25) is 0 Å². The molecule has 0 heteroatoms. The van der Waals surface area contributed by atoms with Gasteiger partial charge in [-0.3, -0.25) is 0 Å². The van der Waals surface area contributed by atoms with E-state index in [9.17, 15) is 0 Å². The molecule has 0 bridgehead atoms. The molecule has 24 heavy (non-hydrogen) atoms. The van der Waals surface area contributed by atoms with Crippen molar-refractivity contribution < 1.29 is 0 Å². The van der Waals surface area contributed by atoms with E-state index in [1.165, 1.54) is 33.0 Å². The minimum absolute atomic E-state index is 0.117. The molecule has 0 radical (unpaired) electrons. The number of hydrogen-bond acceptors (Lipinski definition) is 0. The van der Waals surface area contributed by atoms with Crippen LogP contribution in [0.5, 0.6) is 0 Å². The van der Waals surface area contributed by atoms with Crippen LogP contribution >= 0.6 is 0 Å². The lowest BCUT2D eigenvalue weighted by Crippen LogP contribution is -2.14. The summed E-state index contributed by atoms with van der Waals surface area (Å²) < 4.78 is 0. The highest BCUT2D eigenvalue weighted by Gasteiger charge is 2.22. The molecule has 0 saturated heterocycles. The predicted molar refractivity (Wildman–Crippen MR) is 107 cm³/mol. The Kier molecular flexibility index (Phi) is 4.03. The third-order valence-electron chi connectivity index (χ3n) is 4.74. The summed E-state index contributed by atoms with van der Waals surface area (Å²) in [5.41, 5.74) is 5.76. The highest BCUT2D eigenvalue weighted by molar-refractivity contribution is 6.00. The van der Waals surface area contributed by atoms with Crippen molar-refractivity contribution in [2.45, 2.75) is 52.4 Å². The van der Waals surface area contributed by atoms with Crippen molar-refractivity contribution >= 4 is 10.8 Å². The fourth-order valence-electron chi connectivity index (χ4n) is 3.56. The Balaban J connectivity index is 2.41. The third-order valence-corrected chi connectivity index (χ3v) is 4.74. The van der Waals surface area contributed by atoms with Gasteiger partial charge in [-0.2, -0.15) is 0 Å². The zero-order valence-corrected chi connectivity index (χ0v) is 15.8. The van der Waals surface area contributed by atoms with Crippen LogP contribution in [0.15, 0.2) is 60.7 Å². The average Bonchev–Trinajstić information content (AvgIpc) is 2.52. The van der Waals surface area contributed by atoms with Crippen molar-refractivity contribution in [2.24, 2.45) is 0 Å². The summed E-state index contributed by atoms with van der Waals surface area (Å²) in [5, 5.41) is 2.72. The van der Waals surface area contributed by atoms with Gasteiger partial charge >= 0.3 is 0 Å². The first kappa shape index (κ1) is 16.8. The van der Waals surface area contributed by atoms with Crippen LogP contribution in [0.25, 0.3) is 21.9 Å². The van der Waals surface area contributed by atoms with E-state index in [0.717, 1.165) is 0 Å². The second-order valence-electron chi connectivity index (χ2n) is 8.75. The zero-order chi connectivity index (χ0) is 17.5. The lowest BCUT2D eigenvalue weighted by atomic mass is 9.78. The molecule has 0 unspecified atom stereocenters. The van der Waals surface area contributed by atoms with E-state index in [1.807, 2.05) is 0 Å². The van der Waals surface area contributed by atoms with Gasteiger partial charge in [-0.15, -0.1) is 0 Å². The molecule has 0 aliphatic rings. The van der Waals surface area contributed by atoms with E-state index < -0.39 is 0 Å². The molecule has 0 fully saturated rings. The van der Waals surface area contributed by atoms with Crippen molar-refractivity contribution in [2.75, 3.05) is 0 Å². The van der Waals surface area contributed by atoms with E-state index in [0.29, 0.717) is 0 Å². The normalized spacial score (nSPS) is 12.6. The maximum atomic E-state index is 2.30. The molecular weight excluding hydrogens is 288 g/mol. The van der Waals surface area contributed by atoms with Gasteiger partial charge in [0.05, 0.1) is 0 Å². The molecule has 3 aromatic carbocycles. The monoisotopic (exact) mass is 316 g/mol. The molecular formula is C24H28. The van der Waals surface area contributed by atoms with E-state index in [4.69, 9.17) is 0 Å². The highest BCUT2D eigenvalue weighted by atomic mass is 14.3. The molecule has 0 N–H and O–H groups in total. The highest BCUT2D eigenvalue weighted by Crippen LogP contribution is 2.40. The van der Waals surface area contributed by atoms with Gasteiger partial charge in [-0.05, 0) is 43.9 Å². The molecule has 0 saturated carbocycles. The molecule has 0 aliphatic carbocycles. The maximum Gasteiger partial charge on any atom is -0.00679 e. The lowest BCUT2D eigenvalue weighted by Gasteiger charge is -2.26. The van der Waals surface area contributed by atoms with Crippen LogP contribution in [-0.4, -0.2) is 0 Å². The fraction of sp³-hybridized carbons (Fsp3) is 0.333. The Morgan fingerprint density at radius 3 is 1.62 bits per heavy atom. The van der Waals surface area contributed by atoms with E-state index in [1.54, 1.807) is 0 Å². The van der Waals surface area contributed by atoms with Crippen molar-refractivity contribution in [3.63, 3.8) is 0 Å². The fourth-order valence-corrected chi connectivity index (χ4v) is 3.56. The van der Waals surface area contributed by atoms with Gasteiger partial charge in [0.2, 0.25) is 0 Å². The largest absolute Gasteiger partial charge is 0.0619 e. The minimum atomic E-state index is 0.117. The van der Waals surface area contributed by atoms with Crippen LogP contribution in [-0.2, 0) is 10.8 Å². The zero-order valence-electron chi connectivity index (χ0n) is 15.8. The van der Waals surface area contributed by atoms with E-state index in [-0.39, 0.29) is 10.8 Å². The van der Waals surface area contributed by atoms with Crippen molar-refractivity contribution in [3.05, 3.63) is 71.8 Å². The quantitative estimate of drug-likeness (QED) is 0.449. The van der Waals surface area contributed by atoms with Crippen molar-refractivity contribution in [3.8, 4) is 11.1 Å². The summed E-state index contributed by atoms with van der Waals surface area (Å²) in [6, 6.07) is 22.2. The van der Waals surface area contributed by atoms with Gasteiger partial charge in [0.1, 0.15) is 0 Å². The second-order valence-corrected chi connectivity index (χ2v) is 8.75. The lowest BCUT2D eigenvalue weighted by molar-refractivity contribution is 0.591. The summed E-state index contributed by atoms with van der Waals surface area (Å²) in [7, 11) is 0. The first-order valence-corrected chi connectivity index (χ1v) is 8.82. The van der Waals surface area contributed by atoms with Gasteiger partial charge in [0, 0.05) is 0 Å². The molecule has 3 rings (SSSR count). The molecule has 0 heterocycles. The standard InChI is InChI=1S/C24H28/c1-23(2,3)20-15-8-7-13-18(20)19-14-9-11-17-12-10-16-21(22(17)19)24(4,5)6/h7-16H,1-6H3. The molecule has 3 aromatic rings. The molecule has 0 aliphatic heterocycles. The first-order valence-electron chi connectivity index (χ1n) is 8.82. The summed E-state index contributed by atoms with van der Waals surface area (Å²) in [5.74, 6) is 0. The number of fused-ring (bicyclic) bond motifs is 1. The SMILES string of the molecule is CC(C)(C)c1ccccc1-c1cccc2cccc(C(C)(C)C)c12. The summed E-state index contributed by atoms with van der Waals surface area (Å²) in [6.07, 6.45) is 0. The van der Waals surface area contributed by atoms with Crippen LogP contribution in [0.1, 0.15) is 52.7 Å². The average molecular weight is 316 g/mol. The van der Waals surface area contributed by atoms with Crippen LogP contribution in [0.4, 0.5) is 0 Å². The van der Waals surface area contributed by atoms with Crippen molar-refractivity contribution in [1.82, 2.24) is 0 Å². The van der Waals surface area contributed by atoms with E-state index in [2.05, 4.69) is 102 Å². The predicted octanol–water partition coefficient (Wildman–Crippen LogP) is 7.10. The Bertz CT molecular complexity index is 865. The smallest absolute Gasteiger partial charge is 0.00679 e. The van der Waals surface area contributed by atoms with Gasteiger partial charge in [0.25, 0.3) is 0 Å². The molecule has 0 nitrogen and oxygen atoms in total. The molecule has 0 amide bonds. The second kappa shape index (κ2) is 5.77. The third kappa shape index (κ3) is 2.98. The van der Waals surface area contributed by atoms with Gasteiger partial charge in [0.15, 0.2) is 0 Å². The minimum Gasteiger partial charge on any atom is -0.0619 e. The molecule has 124 valence electrons. The van der Waals surface area contributed by atoms with Crippen LogP contribution in [0.3, 0.4) is 0 Å². The first-order chi connectivity index (χ1) is 11.2. The maximum absolute atomic E-state index is 2.30. The topological polar surface area (TPSA) is 0 Å². The summed E-state index contributed by atoms with van der Waals surface area (Å²) in [4.78, 5) is 0. The van der Waals surface area contributed by atoms with Gasteiger partial charge in [-0.25, -0.2) is 0 Å². The number of rotatable bonds is 1. The Hall–Kier alpha value is -2.08. The Labute approximate surface area is 146 Å². The molecule has 0 aromatic heterocycles. The van der Waals surface area contributed by atoms with Crippen LogP contribution < -0.4 is 0 Å². The van der Waals surface area contributed by atoms with Gasteiger partial charge in [-0.1, -0.05) is 102 Å².